The highest BCUT2D eigenvalue weighted by Crippen LogP contribution is 2.29. The molecule has 0 saturated carbocycles. The first kappa shape index (κ1) is 15.7. The van der Waals surface area contributed by atoms with E-state index in [0.717, 1.165) is 41.5 Å². The van der Waals surface area contributed by atoms with Crippen LogP contribution in [0.2, 0.25) is 5.02 Å². The molecule has 2 aromatic carbocycles. The van der Waals surface area contributed by atoms with Gasteiger partial charge in [-0.25, -0.2) is 4.98 Å². The molecule has 1 fully saturated rings. The predicted molar refractivity (Wildman–Crippen MR) is 99.4 cm³/mol. The van der Waals surface area contributed by atoms with Crippen LogP contribution in [0.25, 0.3) is 11.0 Å². The fraction of sp³-hybridized carbons (Fsp3) is 0.350. The molecule has 0 spiro atoms. The number of imidazole rings is 1. The topological polar surface area (TPSA) is 21.1 Å². The molecule has 4 rings (SSSR count). The van der Waals surface area contributed by atoms with Crippen molar-refractivity contribution < 1.29 is 0 Å². The number of piperidine rings is 1. The Morgan fingerprint density at radius 3 is 2.50 bits per heavy atom. The van der Waals surface area contributed by atoms with E-state index in [1.165, 1.54) is 18.4 Å². The molecule has 0 unspecified atom stereocenters. The molecule has 0 amide bonds. The van der Waals surface area contributed by atoms with Gasteiger partial charge in [0.2, 0.25) is 0 Å². The van der Waals surface area contributed by atoms with Gasteiger partial charge in [-0.15, -0.1) is 0 Å². The van der Waals surface area contributed by atoms with Crippen LogP contribution in [-0.4, -0.2) is 27.5 Å². The zero-order valence-electron chi connectivity index (χ0n) is 14.0. The predicted octanol–water partition coefficient (Wildman–Crippen LogP) is 4.61. The number of hydrogen-bond donors (Lipinski definition) is 0. The van der Waals surface area contributed by atoms with Gasteiger partial charge in [0.25, 0.3) is 0 Å². The van der Waals surface area contributed by atoms with E-state index in [-0.39, 0.29) is 0 Å². The van der Waals surface area contributed by atoms with Crippen molar-refractivity contribution in [3.8, 4) is 0 Å². The van der Waals surface area contributed by atoms with Crippen LogP contribution in [-0.2, 0) is 13.6 Å². The van der Waals surface area contributed by atoms with E-state index < -0.39 is 0 Å². The largest absolute Gasteiger partial charge is 0.330 e. The number of likely N-dealkylation sites (tertiary alicyclic amines) is 1. The second-order valence-corrected chi connectivity index (χ2v) is 7.06. The molecule has 0 bridgehead atoms. The lowest BCUT2D eigenvalue weighted by Gasteiger charge is -2.31. The molecular weight excluding hydrogens is 318 g/mol. The van der Waals surface area contributed by atoms with Gasteiger partial charge in [0, 0.05) is 7.05 Å². The van der Waals surface area contributed by atoms with Crippen molar-refractivity contribution in [3.63, 3.8) is 0 Å². The highest BCUT2D eigenvalue weighted by atomic mass is 35.5. The fourth-order valence-corrected chi connectivity index (χ4v) is 3.93. The molecule has 24 heavy (non-hydrogen) atoms. The molecule has 124 valence electrons. The Morgan fingerprint density at radius 2 is 1.79 bits per heavy atom. The lowest BCUT2D eigenvalue weighted by molar-refractivity contribution is 0.199. The molecule has 2 heterocycles. The number of hydrogen-bond acceptors (Lipinski definition) is 2. The summed E-state index contributed by atoms with van der Waals surface area (Å²) in [5, 5.41) is 0.733. The molecule has 3 nitrogen and oxygen atoms in total. The van der Waals surface area contributed by atoms with Crippen LogP contribution in [0.15, 0.2) is 48.5 Å². The summed E-state index contributed by atoms with van der Waals surface area (Å²) in [4.78, 5) is 7.28. The first-order chi connectivity index (χ1) is 11.7. The van der Waals surface area contributed by atoms with Crippen molar-refractivity contribution >= 4 is 22.6 Å². The number of aryl methyl sites for hydroxylation is 1. The summed E-state index contributed by atoms with van der Waals surface area (Å²) in [5.74, 6) is 1.79. The third kappa shape index (κ3) is 2.94. The van der Waals surface area contributed by atoms with Crippen molar-refractivity contribution in [1.82, 2.24) is 14.5 Å². The average molecular weight is 340 g/mol. The Kier molecular flexibility index (Phi) is 4.30. The van der Waals surface area contributed by atoms with Crippen LogP contribution >= 0.6 is 11.6 Å². The van der Waals surface area contributed by atoms with Crippen molar-refractivity contribution in [2.75, 3.05) is 13.1 Å². The SMILES string of the molecule is Cn1c(CN2CCC(c3ccccc3)CC2)nc2c(Cl)cccc21. The molecule has 0 aliphatic carbocycles. The first-order valence-corrected chi connectivity index (χ1v) is 8.97. The molecule has 1 aliphatic heterocycles. The first-order valence-electron chi connectivity index (χ1n) is 8.59. The van der Waals surface area contributed by atoms with Gasteiger partial charge in [0.15, 0.2) is 0 Å². The van der Waals surface area contributed by atoms with Crippen LogP contribution in [0.4, 0.5) is 0 Å². The van der Waals surface area contributed by atoms with E-state index in [2.05, 4.69) is 52.9 Å². The highest BCUT2D eigenvalue weighted by molar-refractivity contribution is 6.34. The van der Waals surface area contributed by atoms with Gasteiger partial charge >= 0.3 is 0 Å². The lowest BCUT2D eigenvalue weighted by Crippen LogP contribution is -2.33. The minimum absolute atomic E-state index is 0.692. The number of halogens is 1. The smallest absolute Gasteiger partial charge is 0.123 e. The minimum Gasteiger partial charge on any atom is -0.330 e. The normalized spacial score (nSPS) is 16.8. The molecule has 0 atom stereocenters. The zero-order valence-corrected chi connectivity index (χ0v) is 14.7. The Labute approximate surface area is 147 Å². The van der Waals surface area contributed by atoms with Crippen molar-refractivity contribution in [2.45, 2.75) is 25.3 Å². The number of nitrogens with zero attached hydrogens (tertiary/aromatic N) is 3. The van der Waals surface area contributed by atoms with Crippen molar-refractivity contribution in [2.24, 2.45) is 7.05 Å². The van der Waals surface area contributed by atoms with Crippen LogP contribution in [0.5, 0.6) is 0 Å². The number of benzene rings is 2. The lowest BCUT2D eigenvalue weighted by atomic mass is 9.89. The molecule has 1 aliphatic rings. The summed E-state index contributed by atoms with van der Waals surface area (Å²) in [7, 11) is 2.08. The average Bonchev–Trinajstić information content (AvgIpc) is 2.94. The second kappa shape index (κ2) is 6.58. The van der Waals surface area contributed by atoms with E-state index in [1.807, 2.05) is 12.1 Å². The minimum atomic E-state index is 0.692. The molecule has 0 N–H and O–H groups in total. The summed E-state index contributed by atoms with van der Waals surface area (Å²) >= 11 is 6.28. The number of fused-ring (bicyclic) bond motifs is 1. The van der Waals surface area contributed by atoms with E-state index >= 15 is 0 Å². The van der Waals surface area contributed by atoms with Gasteiger partial charge < -0.3 is 4.57 Å². The summed E-state index contributed by atoms with van der Waals surface area (Å²) in [5.41, 5.74) is 3.50. The van der Waals surface area contributed by atoms with Crippen molar-refractivity contribution in [3.05, 3.63) is 64.9 Å². The van der Waals surface area contributed by atoms with Crippen LogP contribution in [0, 0.1) is 0 Å². The Morgan fingerprint density at radius 1 is 1.04 bits per heavy atom. The van der Waals surface area contributed by atoms with Crippen LogP contribution < -0.4 is 0 Å². The van der Waals surface area contributed by atoms with Gasteiger partial charge in [-0.2, -0.15) is 0 Å². The third-order valence-electron chi connectivity index (χ3n) is 5.18. The molecule has 1 saturated heterocycles. The van der Waals surface area contributed by atoms with Gasteiger partial charge in [-0.3, -0.25) is 4.90 Å². The Bertz CT molecular complexity index is 833. The maximum atomic E-state index is 6.28. The monoisotopic (exact) mass is 339 g/mol. The van der Waals surface area contributed by atoms with Gasteiger partial charge in [-0.05, 0) is 49.5 Å². The summed E-state index contributed by atoms with van der Waals surface area (Å²) in [6.07, 6.45) is 2.43. The van der Waals surface area contributed by atoms with Crippen LogP contribution in [0.3, 0.4) is 0 Å². The quantitative estimate of drug-likeness (QED) is 0.695. The molecular formula is C20H22ClN3. The van der Waals surface area contributed by atoms with Gasteiger partial charge in [0.1, 0.15) is 11.3 Å². The third-order valence-corrected chi connectivity index (χ3v) is 5.48. The summed E-state index contributed by atoms with van der Waals surface area (Å²) in [6.45, 7) is 3.13. The molecule has 3 aromatic rings. The maximum absolute atomic E-state index is 6.28. The van der Waals surface area contributed by atoms with Crippen molar-refractivity contribution in [1.29, 1.82) is 0 Å². The zero-order chi connectivity index (χ0) is 16.5. The standard InChI is InChI=1S/C20H22ClN3/c1-23-18-9-5-8-17(21)20(18)22-19(23)14-24-12-10-16(11-13-24)15-6-3-2-4-7-15/h2-9,16H,10-14H2,1H3. The number of rotatable bonds is 3. The summed E-state index contributed by atoms with van der Waals surface area (Å²) in [6, 6.07) is 16.9. The second-order valence-electron chi connectivity index (χ2n) is 6.66. The maximum Gasteiger partial charge on any atom is 0.123 e. The molecule has 1 aromatic heterocycles. The fourth-order valence-electron chi connectivity index (χ4n) is 3.72. The number of aromatic nitrogens is 2. The summed E-state index contributed by atoms with van der Waals surface area (Å²) < 4.78 is 2.17. The van der Waals surface area contributed by atoms with E-state index in [4.69, 9.17) is 16.6 Å². The molecule has 0 radical (unpaired) electrons. The van der Waals surface area contributed by atoms with Crippen LogP contribution in [0.1, 0.15) is 30.1 Å². The van der Waals surface area contributed by atoms with Gasteiger partial charge in [0.05, 0.1) is 17.1 Å². The van der Waals surface area contributed by atoms with E-state index in [1.54, 1.807) is 0 Å². The van der Waals surface area contributed by atoms with E-state index in [0.29, 0.717) is 5.92 Å². The Hall–Kier alpha value is -1.84. The number of para-hydroxylation sites is 1. The van der Waals surface area contributed by atoms with E-state index in [9.17, 15) is 0 Å². The molecule has 4 heteroatoms. The highest BCUT2D eigenvalue weighted by Gasteiger charge is 2.22. The Balaban J connectivity index is 1.46. The van der Waals surface area contributed by atoms with Gasteiger partial charge in [-0.1, -0.05) is 48.0 Å².